The van der Waals surface area contributed by atoms with E-state index >= 15 is 0 Å². The molecule has 6 N–H and O–H groups in total. The van der Waals surface area contributed by atoms with Crippen LogP contribution in [0.15, 0.2) is 47.3 Å². The molecule has 2 aromatic carbocycles. The van der Waals surface area contributed by atoms with Gasteiger partial charge in [0.1, 0.15) is 18.0 Å². The van der Waals surface area contributed by atoms with Crippen LogP contribution in [-0.4, -0.2) is 72.7 Å². The monoisotopic (exact) mass is 470 g/mol. The molecule has 1 aliphatic heterocycles. The van der Waals surface area contributed by atoms with E-state index in [0.717, 1.165) is 27.6 Å². The first-order valence-corrected chi connectivity index (χ1v) is 10.9. The second kappa shape index (κ2) is 8.66. The standard InChI is InChI=1S/C24H26N2O8/c1-12-6-17-20(16(25-26-17)5-3-13-2-4-14-10-32-11-15(14)8-13)18(7-12)34-24(31)22(29)21(28)19(9-27)33-23(24)30/h2,4,6-8,10-11,19,21-23,27-31H,3,5,9H2,1H3,(H,25,26)/t19-,21-,22+,23-,24+/m1/s1. The molecule has 0 radical (unpaired) electrons. The lowest BCUT2D eigenvalue weighted by Gasteiger charge is -2.45. The first-order chi connectivity index (χ1) is 16.3. The second-order valence-corrected chi connectivity index (χ2v) is 8.69. The maximum Gasteiger partial charge on any atom is 0.288 e. The van der Waals surface area contributed by atoms with Gasteiger partial charge in [-0.3, -0.25) is 5.10 Å². The fourth-order valence-corrected chi connectivity index (χ4v) is 4.39. The normalized spacial score (nSPS) is 27.5. The van der Waals surface area contributed by atoms with Crippen molar-refractivity contribution in [1.29, 1.82) is 0 Å². The quantitative estimate of drug-likeness (QED) is 0.225. The summed E-state index contributed by atoms with van der Waals surface area (Å²) in [6.45, 7) is 1.16. The third-order valence-electron chi connectivity index (χ3n) is 6.28. The Hall–Kier alpha value is -2.99. The summed E-state index contributed by atoms with van der Waals surface area (Å²) in [7, 11) is 0. The van der Waals surface area contributed by atoms with Crippen LogP contribution in [0.25, 0.3) is 21.7 Å². The number of aromatic amines is 1. The number of nitrogens with zero attached hydrogens (tertiary/aromatic N) is 1. The van der Waals surface area contributed by atoms with Crippen molar-refractivity contribution in [3.63, 3.8) is 0 Å². The highest BCUT2D eigenvalue weighted by Crippen LogP contribution is 2.37. The number of H-pyrrole nitrogens is 1. The molecule has 180 valence electrons. The topological polar surface area (TPSA) is 161 Å². The Kier molecular flexibility index (Phi) is 5.80. The molecule has 4 aromatic rings. The molecule has 0 bridgehead atoms. The fraction of sp³-hybridized carbons (Fsp3) is 0.375. The van der Waals surface area contributed by atoms with Gasteiger partial charge in [-0.1, -0.05) is 12.1 Å². The fourth-order valence-electron chi connectivity index (χ4n) is 4.39. The molecule has 0 amide bonds. The Morgan fingerprint density at radius 1 is 1.09 bits per heavy atom. The van der Waals surface area contributed by atoms with Crippen molar-refractivity contribution < 1.29 is 39.4 Å². The Labute approximate surface area is 194 Å². The van der Waals surface area contributed by atoms with E-state index in [2.05, 4.69) is 10.2 Å². The second-order valence-electron chi connectivity index (χ2n) is 8.69. The SMILES string of the molecule is Cc1cc(O[C@]2(O)[C@H](O)O[C@H](CO)[C@@H](O)[C@@H]2O)c2c(CCc3ccc4cocc4c3)[nH]nc2c1. The van der Waals surface area contributed by atoms with Crippen LogP contribution in [0.3, 0.4) is 0 Å². The van der Waals surface area contributed by atoms with Gasteiger partial charge in [0.25, 0.3) is 5.79 Å². The molecule has 34 heavy (non-hydrogen) atoms. The number of aliphatic hydroxyl groups excluding tert-OH is 4. The number of aromatic nitrogens is 2. The molecular weight excluding hydrogens is 444 g/mol. The van der Waals surface area contributed by atoms with Gasteiger partial charge >= 0.3 is 0 Å². The van der Waals surface area contributed by atoms with E-state index in [1.165, 1.54) is 0 Å². The summed E-state index contributed by atoms with van der Waals surface area (Å²) in [4.78, 5) is 0. The van der Waals surface area contributed by atoms with E-state index in [0.29, 0.717) is 23.7 Å². The van der Waals surface area contributed by atoms with Crippen molar-refractivity contribution in [3.8, 4) is 5.75 Å². The predicted octanol–water partition coefficient (Wildman–Crippen LogP) is 0.901. The molecule has 5 rings (SSSR count). The molecule has 1 aliphatic rings. The van der Waals surface area contributed by atoms with E-state index < -0.39 is 37.0 Å². The number of hydrogen-bond donors (Lipinski definition) is 6. The lowest BCUT2D eigenvalue weighted by atomic mass is 9.95. The lowest BCUT2D eigenvalue weighted by molar-refractivity contribution is -0.385. The Bertz CT molecular complexity index is 1320. The highest BCUT2D eigenvalue weighted by Gasteiger charge is 2.57. The van der Waals surface area contributed by atoms with E-state index in [-0.39, 0.29) is 5.75 Å². The number of benzene rings is 2. The minimum atomic E-state index is -2.67. The average molecular weight is 470 g/mol. The predicted molar refractivity (Wildman–Crippen MR) is 120 cm³/mol. The van der Waals surface area contributed by atoms with Crippen LogP contribution in [-0.2, 0) is 17.6 Å². The Morgan fingerprint density at radius 3 is 2.68 bits per heavy atom. The number of ether oxygens (including phenoxy) is 2. The van der Waals surface area contributed by atoms with Crippen LogP contribution in [0.5, 0.6) is 5.75 Å². The van der Waals surface area contributed by atoms with Gasteiger partial charge < -0.3 is 39.4 Å². The molecule has 5 atom stereocenters. The van der Waals surface area contributed by atoms with Crippen molar-refractivity contribution in [3.05, 3.63) is 59.7 Å². The zero-order chi connectivity index (χ0) is 24.0. The molecule has 10 heteroatoms. The van der Waals surface area contributed by atoms with Gasteiger partial charge in [-0.2, -0.15) is 5.10 Å². The van der Waals surface area contributed by atoms with E-state index in [4.69, 9.17) is 13.9 Å². The third kappa shape index (κ3) is 3.84. The van der Waals surface area contributed by atoms with Gasteiger partial charge in [-0.15, -0.1) is 0 Å². The summed E-state index contributed by atoms with van der Waals surface area (Å²) in [5, 5.41) is 61.3. The van der Waals surface area contributed by atoms with Crippen molar-refractivity contribution in [1.82, 2.24) is 10.2 Å². The molecule has 10 nitrogen and oxygen atoms in total. The van der Waals surface area contributed by atoms with Gasteiger partial charge in [-0.25, -0.2) is 0 Å². The summed E-state index contributed by atoms with van der Waals surface area (Å²) in [5.41, 5.74) is 3.17. The van der Waals surface area contributed by atoms with Crippen LogP contribution >= 0.6 is 0 Å². The molecule has 1 fully saturated rings. The number of rotatable bonds is 6. The average Bonchev–Trinajstić information content (AvgIpc) is 3.45. The Morgan fingerprint density at radius 2 is 1.88 bits per heavy atom. The summed E-state index contributed by atoms with van der Waals surface area (Å²) in [6, 6.07) is 9.54. The van der Waals surface area contributed by atoms with Gasteiger partial charge in [0, 0.05) is 16.5 Å². The first-order valence-electron chi connectivity index (χ1n) is 10.9. The molecule has 1 saturated heterocycles. The smallest absolute Gasteiger partial charge is 0.288 e. The number of aryl methyl sites for hydroxylation is 3. The van der Waals surface area contributed by atoms with Gasteiger partial charge in [0.15, 0.2) is 6.10 Å². The van der Waals surface area contributed by atoms with E-state index in [1.54, 1.807) is 18.6 Å². The molecule has 0 saturated carbocycles. The van der Waals surface area contributed by atoms with Crippen LogP contribution in [0.4, 0.5) is 0 Å². The maximum absolute atomic E-state index is 11.0. The van der Waals surface area contributed by atoms with Crippen LogP contribution in [0.2, 0.25) is 0 Å². The van der Waals surface area contributed by atoms with Crippen molar-refractivity contribution >= 4 is 21.7 Å². The Balaban J connectivity index is 1.46. The number of nitrogens with one attached hydrogen (secondary N) is 1. The van der Waals surface area contributed by atoms with Crippen LogP contribution < -0.4 is 4.74 Å². The third-order valence-corrected chi connectivity index (χ3v) is 6.28. The van der Waals surface area contributed by atoms with E-state index in [9.17, 15) is 25.5 Å². The molecule has 0 unspecified atom stereocenters. The van der Waals surface area contributed by atoms with Crippen LogP contribution in [0, 0.1) is 6.92 Å². The lowest BCUT2D eigenvalue weighted by Crippen LogP contribution is -2.69. The summed E-state index contributed by atoms with van der Waals surface area (Å²) in [5.74, 6) is -2.52. The van der Waals surface area contributed by atoms with E-state index in [1.807, 2.05) is 31.2 Å². The largest absolute Gasteiger partial charge is 0.471 e. The highest BCUT2D eigenvalue weighted by atomic mass is 16.7. The van der Waals surface area contributed by atoms with Crippen LogP contribution in [0.1, 0.15) is 16.8 Å². The zero-order valence-electron chi connectivity index (χ0n) is 18.4. The van der Waals surface area contributed by atoms with Crippen molar-refractivity contribution in [2.45, 2.75) is 50.2 Å². The first kappa shape index (κ1) is 22.8. The van der Waals surface area contributed by atoms with Crippen molar-refractivity contribution in [2.24, 2.45) is 0 Å². The molecule has 0 aliphatic carbocycles. The number of fused-ring (bicyclic) bond motifs is 2. The molecule has 2 aromatic heterocycles. The zero-order valence-corrected chi connectivity index (χ0v) is 18.4. The minimum Gasteiger partial charge on any atom is -0.471 e. The number of furan rings is 1. The summed E-state index contributed by atoms with van der Waals surface area (Å²) >= 11 is 0. The summed E-state index contributed by atoms with van der Waals surface area (Å²) in [6.07, 6.45) is -2.29. The van der Waals surface area contributed by atoms with Gasteiger partial charge in [-0.05, 0) is 49.1 Å². The number of aliphatic hydroxyl groups is 5. The van der Waals surface area contributed by atoms with Gasteiger partial charge in [0.2, 0.25) is 6.29 Å². The minimum absolute atomic E-state index is 0.155. The molecular formula is C24H26N2O8. The molecule has 0 spiro atoms. The number of hydrogen-bond acceptors (Lipinski definition) is 9. The van der Waals surface area contributed by atoms with Gasteiger partial charge in [0.05, 0.1) is 30.0 Å². The summed E-state index contributed by atoms with van der Waals surface area (Å²) < 4.78 is 16.1. The highest BCUT2D eigenvalue weighted by molar-refractivity contribution is 5.88. The molecule has 3 heterocycles. The van der Waals surface area contributed by atoms with Crippen molar-refractivity contribution in [2.75, 3.05) is 6.61 Å². The maximum atomic E-state index is 11.0.